The Kier molecular flexibility index (Phi) is 5.14. The Balaban J connectivity index is 2.47. The number of methoxy groups -OCH3 is 1. The quantitative estimate of drug-likeness (QED) is 0.333. The fourth-order valence-corrected chi connectivity index (χ4v) is 1.89. The lowest BCUT2D eigenvalue weighted by Gasteiger charge is -2.03. The molecule has 0 saturated carbocycles. The van der Waals surface area contributed by atoms with Gasteiger partial charge in [0.1, 0.15) is 11.5 Å². The van der Waals surface area contributed by atoms with Crippen molar-refractivity contribution in [1.82, 2.24) is 4.98 Å². The molecule has 0 fully saturated rings. The summed E-state index contributed by atoms with van der Waals surface area (Å²) in [6, 6.07) is 3.75. The van der Waals surface area contributed by atoms with Crippen LogP contribution < -0.4 is 5.73 Å². The maximum absolute atomic E-state index is 7.26. The highest BCUT2D eigenvalue weighted by Crippen LogP contribution is 2.18. The molecule has 1 aromatic heterocycles. The van der Waals surface area contributed by atoms with E-state index >= 15 is 0 Å². The number of hydrogen-bond acceptors (Lipinski definition) is 4. The molecule has 4 nitrogen and oxygen atoms in total. The fourth-order valence-electron chi connectivity index (χ4n) is 1.04. The molecular weight excluding hydrogens is 210 g/mol. The number of rotatable bonds is 6. The van der Waals surface area contributed by atoms with Gasteiger partial charge in [-0.25, -0.2) is 0 Å². The van der Waals surface area contributed by atoms with Crippen LogP contribution >= 0.6 is 11.8 Å². The van der Waals surface area contributed by atoms with Gasteiger partial charge in [0.15, 0.2) is 0 Å². The molecule has 0 saturated heterocycles. The number of nitrogens with two attached hydrogens (primary N) is 1. The topological polar surface area (TPSA) is 72.0 Å². The number of ether oxygens (including phenoxy) is 1. The van der Waals surface area contributed by atoms with Crippen molar-refractivity contribution in [2.75, 3.05) is 19.5 Å². The number of pyridine rings is 1. The van der Waals surface area contributed by atoms with Crippen LogP contribution in [0.25, 0.3) is 0 Å². The average Bonchev–Trinajstić information content (AvgIpc) is 2.25. The molecule has 1 rings (SSSR count). The molecule has 0 radical (unpaired) electrons. The van der Waals surface area contributed by atoms with Gasteiger partial charge in [0.05, 0.1) is 0 Å². The largest absolute Gasteiger partial charge is 0.385 e. The molecular formula is C10H15N3OS. The summed E-state index contributed by atoms with van der Waals surface area (Å²) in [7, 11) is 1.70. The van der Waals surface area contributed by atoms with Gasteiger partial charge in [-0.2, -0.15) is 0 Å². The summed E-state index contributed by atoms with van der Waals surface area (Å²) in [5, 5.41) is 7.26. The van der Waals surface area contributed by atoms with E-state index in [1.54, 1.807) is 25.1 Å². The second-order valence-corrected chi connectivity index (χ2v) is 4.15. The Morgan fingerprint density at radius 3 is 3.13 bits per heavy atom. The summed E-state index contributed by atoms with van der Waals surface area (Å²) >= 11 is 1.72. The minimum atomic E-state index is 0.00865. The fraction of sp³-hybridized carbons (Fsp3) is 0.400. The first-order valence-corrected chi connectivity index (χ1v) is 5.65. The molecule has 0 amide bonds. The molecule has 0 spiro atoms. The van der Waals surface area contributed by atoms with E-state index in [0.717, 1.165) is 23.7 Å². The lowest BCUT2D eigenvalue weighted by molar-refractivity contribution is 0.200. The summed E-state index contributed by atoms with van der Waals surface area (Å²) in [5.74, 6) is 1.00. The zero-order chi connectivity index (χ0) is 11.1. The third kappa shape index (κ3) is 4.31. The van der Waals surface area contributed by atoms with Crippen LogP contribution in [0.2, 0.25) is 0 Å². The van der Waals surface area contributed by atoms with Gasteiger partial charge < -0.3 is 10.5 Å². The van der Waals surface area contributed by atoms with E-state index < -0.39 is 0 Å². The average molecular weight is 225 g/mol. The Morgan fingerprint density at radius 2 is 2.47 bits per heavy atom. The van der Waals surface area contributed by atoms with Crippen molar-refractivity contribution < 1.29 is 4.74 Å². The van der Waals surface area contributed by atoms with Crippen molar-refractivity contribution in [1.29, 1.82) is 5.41 Å². The summed E-state index contributed by atoms with van der Waals surface area (Å²) in [6.45, 7) is 0.775. The predicted molar refractivity (Wildman–Crippen MR) is 62.5 cm³/mol. The molecule has 3 N–H and O–H groups in total. The van der Waals surface area contributed by atoms with E-state index in [1.165, 1.54) is 0 Å². The molecule has 0 aromatic carbocycles. The first kappa shape index (κ1) is 12.0. The van der Waals surface area contributed by atoms with Gasteiger partial charge in [0, 0.05) is 30.6 Å². The molecule has 0 atom stereocenters. The summed E-state index contributed by atoms with van der Waals surface area (Å²) < 4.78 is 4.96. The van der Waals surface area contributed by atoms with Crippen molar-refractivity contribution in [3.05, 3.63) is 24.0 Å². The van der Waals surface area contributed by atoms with Crippen LogP contribution in [-0.4, -0.2) is 30.3 Å². The van der Waals surface area contributed by atoms with Gasteiger partial charge in [0.25, 0.3) is 0 Å². The predicted octanol–water partition coefficient (Wildman–Crippen LogP) is 1.49. The molecule has 0 unspecified atom stereocenters. The molecule has 5 heteroatoms. The van der Waals surface area contributed by atoms with E-state index in [4.69, 9.17) is 15.9 Å². The van der Waals surface area contributed by atoms with Crippen LogP contribution in [0.1, 0.15) is 12.1 Å². The van der Waals surface area contributed by atoms with Gasteiger partial charge >= 0.3 is 0 Å². The highest BCUT2D eigenvalue weighted by molar-refractivity contribution is 7.99. The minimum absolute atomic E-state index is 0.00865. The van der Waals surface area contributed by atoms with Crippen LogP contribution in [0.3, 0.4) is 0 Å². The molecule has 82 valence electrons. The second kappa shape index (κ2) is 6.42. The number of nitrogens with one attached hydrogen (secondary N) is 1. The third-order valence-electron chi connectivity index (χ3n) is 1.77. The zero-order valence-corrected chi connectivity index (χ0v) is 9.51. The molecule has 0 aliphatic carbocycles. The van der Waals surface area contributed by atoms with Crippen molar-refractivity contribution in [3.8, 4) is 0 Å². The molecule has 1 aromatic rings. The Hall–Kier alpha value is -1.07. The van der Waals surface area contributed by atoms with Crippen LogP contribution in [0.15, 0.2) is 23.2 Å². The van der Waals surface area contributed by atoms with Crippen LogP contribution in [-0.2, 0) is 4.74 Å². The molecule has 0 aliphatic rings. The highest BCUT2D eigenvalue weighted by atomic mass is 32.2. The number of hydrogen-bond donors (Lipinski definition) is 2. The van der Waals surface area contributed by atoms with Crippen LogP contribution in [0.4, 0.5) is 0 Å². The van der Waals surface area contributed by atoms with Crippen LogP contribution in [0.5, 0.6) is 0 Å². The van der Waals surface area contributed by atoms with Gasteiger partial charge in [-0.15, -0.1) is 11.8 Å². The van der Waals surface area contributed by atoms with Gasteiger partial charge in [-0.05, 0) is 18.6 Å². The number of amidine groups is 1. The third-order valence-corrected chi connectivity index (χ3v) is 2.85. The Labute approximate surface area is 93.7 Å². The van der Waals surface area contributed by atoms with E-state index in [0.29, 0.717) is 5.69 Å². The molecule has 0 bridgehead atoms. The molecule has 0 aliphatic heterocycles. The number of thioether (sulfide) groups is 1. The number of aromatic nitrogens is 1. The van der Waals surface area contributed by atoms with Crippen LogP contribution in [0, 0.1) is 5.41 Å². The van der Waals surface area contributed by atoms with Gasteiger partial charge in [-0.3, -0.25) is 10.4 Å². The highest BCUT2D eigenvalue weighted by Gasteiger charge is 2.00. The van der Waals surface area contributed by atoms with Crippen molar-refractivity contribution in [2.45, 2.75) is 11.3 Å². The smallest absolute Gasteiger partial charge is 0.141 e. The maximum atomic E-state index is 7.26. The zero-order valence-electron chi connectivity index (χ0n) is 8.69. The van der Waals surface area contributed by atoms with E-state index in [-0.39, 0.29) is 5.84 Å². The minimum Gasteiger partial charge on any atom is -0.385 e. The monoisotopic (exact) mass is 225 g/mol. The van der Waals surface area contributed by atoms with Gasteiger partial charge in [-0.1, -0.05) is 0 Å². The number of nitrogens with zero attached hydrogens (tertiary/aromatic N) is 1. The van der Waals surface area contributed by atoms with Gasteiger partial charge in [0.2, 0.25) is 0 Å². The van der Waals surface area contributed by atoms with E-state index in [1.807, 2.05) is 12.1 Å². The summed E-state index contributed by atoms with van der Waals surface area (Å²) in [6.07, 6.45) is 2.69. The second-order valence-electron chi connectivity index (χ2n) is 2.99. The molecule has 15 heavy (non-hydrogen) atoms. The summed E-state index contributed by atoms with van der Waals surface area (Å²) in [5.41, 5.74) is 5.88. The van der Waals surface area contributed by atoms with E-state index in [9.17, 15) is 0 Å². The SMILES string of the molecule is COCCCSc1ccnc(C(=N)N)c1. The Bertz CT molecular complexity index is 330. The van der Waals surface area contributed by atoms with Crippen molar-refractivity contribution >= 4 is 17.6 Å². The lowest BCUT2D eigenvalue weighted by atomic mass is 10.3. The standard InChI is InChI=1S/C10H15N3OS/c1-14-5-2-6-15-8-3-4-13-9(7-8)10(11)12/h3-4,7H,2,5-6H2,1H3,(H3,11,12). The Morgan fingerprint density at radius 1 is 1.67 bits per heavy atom. The van der Waals surface area contributed by atoms with Crippen molar-refractivity contribution in [3.63, 3.8) is 0 Å². The molecule has 1 heterocycles. The lowest BCUT2D eigenvalue weighted by Crippen LogP contribution is -2.12. The van der Waals surface area contributed by atoms with Crippen molar-refractivity contribution in [2.24, 2.45) is 5.73 Å². The number of nitrogen functional groups attached to an aromatic ring is 1. The maximum Gasteiger partial charge on any atom is 0.141 e. The first-order valence-electron chi connectivity index (χ1n) is 4.66. The first-order chi connectivity index (χ1) is 7.24. The summed E-state index contributed by atoms with van der Waals surface area (Å²) in [4.78, 5) is 5.08. The van der Waals surface area contributed by atoms with E-state index in [2.05, 4.69) is 4.98 Å². The normalized spacial score (nSPS) is 10.2.